The van der Waals surface area contributed by atoms with Gasteiger partial charge in [-0.3, -0.25) is 9.59 Å². The number of benzene rings is 1. The van der Waals surface area contributed by atoms with E-state index in [0.717, 1.165) is 31.2 Å². The molecule has 132 valence electrons. The molecule has 3 N–H and O–H groups in total. The molecule has 1 fully saturated rings. The molecule has 1 aromatic carbocycles. The zero-order chi connectivity index (χ0) is 17.5. The minimum Gasteiger partial charge on any atom is -0.487 e. The Labute approximate surface area is 138 Å². The maximum absolute atomic E-state index is 12.5. The van der Waals surface area contributed by atoms with Gasteiger partial charge in [0.05, 0.1) is 6.10 Å². The Balaban J connectivity index is 2.03. The summed E-state index contributed by atoms with van der Waals surface area (Å²) in [5, 5.41) is 2.36. The average molecular weight is 342 g/mol. The largest absolute Gasteiger partial charge is 0.487 e. The fourth-order valence-electron chi connectivity index (χ4n) is 2.59. The number of nitrogens with two attached hydrogens (primary N) is 1. The number of hydrogen-bond acceptors (Lipinski definition) is 4. The fraction of sp³-hybridized carbons (Fsp3) is 0.500. The molecule has 8 heteroatoms. The molecule has 0 unspecified atom stereocenters. The zero-order valence-corrected chi connectivity index (χ0v) is 13.1. The molecule has 0 radical (unpaired) electrons. The third-order valence-corrected chi connectivity index (χ3v) is 3.74. The van der Waals surface area contributed by atoms with Crippen molar-refractivity contribution >= 4 is 11.8 Å². The number of ether oxygens (including phenoxy) is 2. The number of primary amides is 1. The van der Waals surface area contributed by atoms with Gasteiger partial charge in [-0.1, -0.05) is 6.07 Å². The van der Waals surface area contributed by atoms with Gasteiger partial charge in [0.2, 0.25) is 0 Å². The molecule has 0 heterocycles. The SMILES string of the molecule is NC(=O)C(=O)NCCc1ccc(OC(F)F)c(OC2CCCC2)c1. The van der Waals surface area contributed by atoms with Crippen LogP contribution in [-0.4, -0.2) is 31.1 Å². The molecule has 24 heavy (non-hydrogen) atoms. The highest BCUT2D eigenvalue weighted by Gasteiger charge is 2.20. The Bertz CT molecular complexity index is 589. The van der Waals surface area contributed by atoms with Crippen LogP contribution in [0.15, 0.2) is 18.2 Å². The summed E-state index contributed by atoms with van der Waals surface area (Å²) in [5.41, 5.74) is 5.60. The van der Waals surface area contributed by atoms with Crippen LogP contribution in [0.25, 0.3) is 0 Å². The molecular formula is C16H20F2N2O4. The van der Waals surface area contributed by atoms with E-state index in [0.29, 0.717) is 6.42 Å². The van der Waals surface area contributed by atoms with Gasteiger partial charge >= 0.3 is 18.4 Å². The van der Waals surface area contributed by atoms with Crippen molar-refractivity contribution in [3.05, 3.63) is 23.8 Å². The average Bonchev–Trinajstić information content (AvgIpc) is 3.02. The first-order valence-corrected chi connectivity index (χ1v) is 7.77. The quantitative estimate of drug-likeness (QED) is 0.739. The predicted molar refractivity (Wildman–Crippen MR) is 81.9 cm³/mol. The van der Waals surface area contributed by atoms with Crippen LogP contribution in [0.3, 0.4) is 0 Å². The first-order valence-electron chi connectivity index (χ1n) is 7.77. The van der Waals surface area contributed by atoms with Crippen LogP contribution >= 0.6 is 0 Å². The highest BCUT2D eigenvalue weighted by molar-refractivity contribution is 6.34. The first kappa shape index (κ1) is 18.0. The Kier molecular flexibility index (Phi) is 6.34. The summed E-state index contributed by atoms with van der Waals surface area (Å²) < 4.78 is 35.3. The van der Waals surface area contributed by atoms with Gasteiger partial charge in [-0.25, -0.2) is 0 Å². The van der Waals surface area contributed by atoms with Crippen molar-refractivity contribution in [2.24, 2.45) is 5.73 Å². The molecule has 0 atom stereocenters. The summed E-state index contributed by atoms with van der Waals surface area (Å²) >= 11 is 0. The molecule has 1 aliphatic carbocycles. The Morgan fingerprint density at radius 3 is 2.58 bits per heavy atom. The third-order valence-electron chi connectivity index (χ3n) is 3.74. The van der Waals surface area contributed by atoms with Gasteiger partial charge in [0.15, 0.2) is 11.5 Å². The van der Waals surface area contributed by atoms with E-state index in [1.165, 1.54) is 6.07 Å². The van der Waals surface area contributed by atoms with Crippen molar-refractivity contribution < 1.29 is 27.8 Å². The van der Waals surface area contributed by atoms with E-state index < -0.39 is 18.4 Å². The van der Waals surface area contributed by atoms with E-state index >= 15 is 0 Å². The molecule has 2 amide bonds. The maximum Gasteiger partial charge on any atom is 0.387 e. The lowest BCUT2D eigenvalue weighted by molar-refractivity contribution is -0.137. The minimum absolute atomic E-state index is 0.00478. The van der Waals surface area contributed by atoms with Crippen LogP contribution in [0.2, 0.25) is 0 Å². The number of carbonyl (C=O) groups is 2. The molecule has 0 spiro atoms. The Morgan fingerprint density at radius 2 is 1.96 bits per heavy atom. The third kappa shape index (κ3) is 5.36. The van der Waals surface area contributed by atoms with Crippen LogP contribution in [0.5, 0.6) is 11.5 Å². The normalized spacial score (nSPS) is 14.6. The molecule has 0 saturated heterocycles. The van der Waals surface area contributed by atoms with Gasteiger partial charge in [-0.2, -0.15) is 8.78 Å². The van der Waals surface area contributed by atoms with Gasteiger partial charge in [0.25, 0.3) is 0 Å². The topological polar surface area (TPSA) is 90.7 Å². The molecule has 0 bridgehead atoms. The molecule has 1 saturated carbocycles. The summed E-state index contributed by atoms with van der Waals surface area (Å²) in [4.78, 5) is 21.7. The summed E-state index contributed by atoms with van der Waals surface area (Å²) in [6.45, 7) is -2.74. The van der Waals surface area contributed by atoms with Crippen LogP contribution < -0.4 is 20.5 Å². The van der Waals surface area contributed by atoms with Crippen LogP contribution in [0, 0.1) is 0 Å². The summed E-state index contributed by atoms with van der Waals surface area (Å²) in [6.07, 6.45) is 4.26. The van der Waals surface area contributed by atoms with Crippen molar-refractivity contribution in [3.8, 4) is 11.5 Å². The smallest absolute Gasteiger partial charge is 0.387 e. The molecule has 0 aliphatic heterocycles. The summed E-state index contributed by atoms with van der Waals surface area (Å²) in [5.74, 6) is -1.67. The van der Waals surface area contributed by atoms with E-state index in [-0.39, 0.29) is 24.1 Å². The second-order valence-electron chi connectivity index (χ2n) is 5.55. The number of hydrogen-bond donors (Lipinski definition) is 2. The van der Waals surface area contributed by atoms with Crippen LogP contribution in [-0.2, 0) is 16.0 Å². The maximum atomic E-state index is 12.5. The van der Waals surface area contributed by atoms with Crippen molar-refractivity contribution in [2.45, 2.75) is 44.8 Å². The number of rotatable bonds is 7. The fourth-order valence-corrected chi connectivity index (χ4v) is 2.59. The van der Waals surface area contributed by atoms with Gasteiger partial charge in [0, 0.05) is 6.54 Å². The highest BCUT2D eigenvalue weighted by Crippen LogP contribution is 2.33. The molecule has 1 aromatic rings. The van der Waals surface area contributed by atoms with E-state index in [2.05, 4.69) is 10.1 Å². The van der Waals surface area contributed by atoms with Crippen molar-refractivity contribution in [2.75, 3.05) is 6.54 Å². The van der Waals surface area contributed by atoms with Crippen molar-refractivity contribution in [1.29, 1.82) is 0 Å². The Hall–Kier alpha value is -2.38. The monoisotopic (exact) mass is 342 g/mol. The number of halogens is 2. The van der Waals surface area contributed by atoms with E-state index in [1.54, 1.807) is 12.1 Å². The van der Waals surface area contributed by atoms with Crippen molar-refractivity contribution in [3.63, 3.8) is 0 Å². The lowest BCUT2D eigenvalue weighted by Crippen LogP contribution is -2.37. The molecule has 1 aliphatic rings. The van der Waals surface area contributed by atoms with E-state index in [4.69, 9.17) is 10.5 Å². The lowest BCUT2D eigenvalue weighted by Gasteiger charge is -2.17. The van der Waals surface area contributed by atoms with Gasteiger partial charge in [-0.05, 0) is 49.8 Å². The highest BCUT2D eigenvalue weighted by atomic mass is 19.3. The zero-order valence-electron chi connectivity index (χ0n) is 13.1. The predicted octanol–water partition coefficient (Wildman–Crippen LogP) is 1.75. The van der Waals surface area contributed by atoms with Gasteiger partial charge in [0.1, 0.15) is 0 Å². The van der Waals surface area contributed by atoms with Crippen LogP contribution in [0.4, 0.5) is 8.78 Å². The number of nitrogens with one attached hydrogen (secondary N) is 1. The second kappa shape index (κ2) is 8.47. The number of alkyl halides is 2. The number of carbonyl (C=O) groups excluding carboxylic acids is 2. The molecular weight excluding hydrogens is 322 g/mol. The van der Waals surface area contributed by atoms with E-state index in [1.807, 2.05) is 0 Å². The van der Waals surface area contributed by atoms with Crippen LogP contribution in [0.1, 0.15) is 31.2 Å². The van der Waals surface area contributed by atoms with E-state index in [9.17, 15) is 18.4 Å². The Morgan fingerprint density at radius 1 is 1.25 bits per heavy atom. The molecule has 0 aromatic heterocycles. The van der Waals surface area contributed by atoms with Gasteiger partial charge < -0.3 is 20.5 Å². The standard InChI is InChI=1S/C16H20F2N2O4/c17-16(18)24-12-6-5-10(7-8-20-15(22)14(19)21)9-13(12)23-11-3-1-2-4-11/h5-6,9,11,16H,1-4,7-8H2,(H2,19,21)(H,20,22). The first-order chi connectivity index (χ1) is 11.5. The second-order valence-corrected chi connectivity index (χ2v) is 5.55. The molecule has 6 nitrogen and oxygen atoms in total. The molecule has 2 rings (SSSR count). The van der Waals surface area contributed by atoms with Gasteiger partial charge in [-0.15, -0.1) is 0 Å². The van der Waals surface area contributed by atoms with Crippen molar-refractivity contribution in [1.82, 2.24) is 5.32 Å². The lowest BCUT2D eigenvalue weighted by atomic mass is 10.1. The summed E-state index contributed by atoms with van der Waals surface area (Å²) in [7, 11) is 0. The number of amides is 2. The minimum atomic E-state index is -2.93. The summed E-state index contributed by atoms with van der Waals surface area (Å²) in [6, 6.07) is 4.64.